The molecule has 0 spiro atoms. The minimum absolute atomic E-state index is 0.269. The molecule has 4 nitrogen and oxygen atoms in total. The van der Waals surface area contributed by atoms with Crippen molar-refractivity contribution in [2.45, 2.75) is 6.61 Å². The summed E-state index contributed by atoms with van der Waals surface area (Å²) in [7, 11) is 1.76. The molecule has 0 atom stereocenters. The summed E-state index contributed by atoms with van der Waals surface area (Å²) < 4.78 is 6.85. The van der Waals surface area contributed by atoms with Gasteiger partial charge in [-0.25, -0.2) is 4.79 Å². The van der Waals surface area contributed by atoms with Gasteiger partial charge in [-0.1, -0.05) is 30.3 Å². The van der Waals surface area contributed by atoms with E-state index in [4.69, 9.17) is 10.5 Å². The zero-order valence-electron chi connectivity index (χ0n) is 9.59. The van der Waals surface area contributed by atoms with Gasteiger partial charge in [-0.2, -0.15) is 0 Å². The number of hydrogen-bond acceptors (Lipinski definition) is 3. The minimum Gasteiger partial charge on any atom is -0.456 e. The first-order valence-corrected chi connectivity index (χ1v) is 5.29. The largest absolute Gasteiger partial charge is 0.456 e. The van der Waals surface area contributed by atoms with Gasteiger partial charge in [0.25, 0.3) is 0 Å². The lowest BCUT2D eigenvalue weighted by molar-refractivity contribution is 0.0461. The average Bonchev–Trinajstić information content (AvgIpc) is 2.67. The highest BCUT2D eigenvalue weighted by molar-refractivity contribution is 5.89. The van der Waals surface area contributed by atoms with Gasteiger partial charge in [-0.3, -0.25) is 0 Å². The first kappa shape index (κ1) is 11.3. The highest BCUT2D eigenvalue weighted by Crippen LogP contribution is 2.11. The Bertz CT molecular complexity index is 517. The van der Waals surface area contributed by atoms with Crippen molar-refractivity contribution in [3.8, 4) is 0 Å². The van der Waals surface area contributed by atoms with Gasteiger partial charge < -0.3 is 15.0 Å². The van der Waals surface area contributed by atoms with Crippen molar-refractivity contribution in [1.29, 1.82) is 0 Å². The third-order valence-corrected chi connectivity index (χ3v) is 2.45. The number of rotatable bonds is 3. The molecule has 0 radical (unpaired) electrons. The lowest BCUT2D eigenvalue weighted by atomic mass is 10.2. The molecule has 0 aliphatic carbocycles. The topological polar surface area (TPSA) is 57.2 Å². The number of aromatic nitrogens is 1. The summed E-state index contributed by atoms with van der Waals surface area (Å²) in [6.45, 7) is 0.269. The second-order valence-electron chi connectivity index (χ2n) is 3.83. The summed E-state index contributed by atoms with van der Waals surface area (Å²) >= 11 is 0. The van der Waals surface area contributed by atoms with Crippen LogP contribution >= 0.6 is 0 Å². The van der Waals surface area contributed by atoms with Gasteiger partial charge in [0, 0.05) is 13.2 Å². The van der Waals surface area contributed by atoms with E-state index in [1.54, 1.807) is 23.9 Å². The molecule has 88 valence electrons. The Hall–Kier alpha value is -2.23. The standard InChI is InChI=1S/C13H14N2O2/c1-15-8-11(14)7-12(15)13(16)17-9-10-5-3-2-4-6-10/h2-8H,9,14H2,1H3. The summed E-state index contributed by atoms with van der Waals surface area (Å²) in [5.74, 6) is -0.368. The van der Waals surface area contributed by atoms with Crippen LogP contribution in [0.15, 0.2) is 42.6 Å². The van der Waals surface area contributed by atoms with E-state index in [-0.39, 0.29) is 12.6 Å². The normalized spacial score (nSPS) is 10.2. The van der Waals surface area contributed by atoms with Gasteiger partial charge in [0.2, 0.25) is 0 Å². The van der Waals surface area contributed by atoms with Crippen LogP contribution in [0.5, 0.6) is 0 Å². The molecule has 2 aromatic rings. The fourth-order valence-electron chi connectivity index (χ4n) is 1.59. The molecule has 0 saturated heterocycles. The van der Waals surface area contributed by atoms with E-state index in [2.05, 4.69) is 0 Å². The number of nitrogens with two attached hydrogens (primary N) is 1. The second kappa shape index (κ2) is 4.74. The third-order valence-electron chi connectivity index (χ3n) is 2.45. The molecule has 4 heteroatoms. The van der Waals surface area contributed by atoms with Gasteiger partial charge in [0.05, 0.1) is 5.69 Å². The van der Waals surface area contributed by atoms with Crippen LogP contribution in [0.25, 0.3) is 0 Å². The van der Waals surface area contributed by atoms with Crippen molar-refractivity contribution in [2.24, 2.45) is 7.05 Å². The Morgan fingerprint density at radius 2 is 2.06 bits per heavy atom. The fourth-order valence-corrected chi connectivity index (χ4v) is 1.59. The number of nitrogen functional groups attached to an aromatic ring is 1. The maximum absolute atomic E-state index is 11.8. The van der Waals surface area contributed by atoms with Gasteiger partial charge in [-0.15, -0.1) is 0 Å². The Labute approximate surface area is 99.6 Å². The first-order chi connectivity index (χ1) is 8.16. The van der Waals surface area contributed by atoms with Crippen LogP contribution in [-0.2, 0) is 18.4 Å². The van der Waals surface area contributed by atoms with Crippen molar-refractivity contribution in [2.75, 3.05) is 5.73 Å². The van der Waals surface area contributed by atoms with Crippen LogP contribution in [0.4, 0.5) is 5.69 Å². The van der Waals surface area contributed by atoms with E-state index in [1.165, 1.54) is 0 Å². The lowest BCUT2D eigenvalue weighted by Gasteiger charge is -2.05. The van der Waals surface area contributed by atoms with Crippen LogP contribution in [-0.4, -0.2) is 10.5 Å². The van der Waals surface area contributed by atoms with Gasteiger partial charge >= 0.3 is 5.97 Å². The maximum atomic E-state index is 11.8. The van der Waals surface area contributed by atoms with Crippen molar-refractivity contribution < 1.29 is 9.53 Å². The first-order valence-electron chi connectivity index (χ1n) is 5.29. The zero-order valence-corrected chi connectivity index (χ0v) is 9.59. The summed E-state index contributed by atoms with van der Waals surface area (Å²) in [6.07, 6.45) is 1.68. The number of aryl methyl sites for hydroxylation is 1. The number of ether oxygens (including phenoxy) is 1. The van der Waals surface area contributed by atoms with Crippen LogP contribution in [0.3, 0.4) is 0 Å². The molecule has 0 saturated carbocycles. The van der Waals surface area contributed by atoms with Crippen molar-refractivity contribution in [3.63, 3.8) is 0 Å². The smallest absolute Gasteiger partial charge is 0.355 e. The van der Waals surface area contributed by atoms with E-state index in [1.807, 2.05) is 30.3 Å². The lowest BCUT2D eigenvalue weighted by Crippen LogP contribution is -2.09. The summed E-state index contributed by atoms with van der Waals surface area (Å²) in [5.41, 5.74) is 7.57. The Morgan fingerprint density at radius 1 is 1.35 bits per heavy atom. The third kappa shape index (κ3) is 2.66. The fraction of sp³-hybridized carbons (Fsp3) is 0.154. The Kier molecular flexibility index (Phi) is 3.14. The summed E-state index contributed by atoms with van der Waals surface area (Å²) in [4.78, 5) is 11.8. The van der Waals surface area contributed by atoms with Crippen LogP contribution in [0, 0.1) is 0 Å². The number of benzene rings is 1. The molecular weight excluding hydrogens is 216 g/mol. The quantitative estimate of drug-likeness (QED) is 0.820. The number of hydrogen-bond donors (Lipinski definition) is 1. The molecule has 17 heavy (non-hydrogen) atoms. The summed E-state index contributed by atoms with van der Waals surface area (Å²) in [5, 5.41) is 0. The Morgan fingerprint density at radius 3 is 2.65 bits per heavy atom. The molecule has 2 rings (SSSR count). The molecule has 1 heterocycles. The van der Waals surface area contributed by atoms with E-state index in [9.17, 15) is 4.79 Å². The zero-order chi connectivity index (χ0) is 12.3. The number of carbonyl (C=O) groups excluding carboxylic acids is 1. The van der Waals surface area contributed by atoms with Gasteiger partial charge in [0.15, 0.2) is 0 Å². The maximum Gasteiger partial charge on any atom is 0.355 e. The van der Waals surface area contributed by atoms with E-state index in [0.29, 0.717) is 11.4 Å². The molecule has 0 bridgehead atoms. The number of carbonyl (C=O) groups is 1. The molecule has 0 aliphatic rings. The average molecular weight is 230 g/mol. The highest BCUT2D eigenvalue weighted by Gasteiger charge is 2.12. The van der Waals surface area contributed by atoms with Crippen molar-refractivity contribution in [1.82, 2.24) is 4.57 Å². The number of anilines is 1. The van der Waals surface area contributed by atoms with E-state index < -0.39 is 0 Å². The highest BCUT2D eigenvalue weighted by atomic mass is 16.5. The van der Waals surface area contributed by atoms with Crippen LogP contribution in [0.1, 0.15) is 16.1 Å². The predicted molar refractivity (Wildman–Crippen MR) is 65.4 cm³/mol. The monoisotopic (exact) mass is 230 g/mol. The predicted octanol–water partition coefficient (Wildman–Crippen LogP) is 1.96. The number of nitrogens with zero attached hydrogens (tertiary/aromatic N) is 1. The van der Waals surface area contributed by atoms with Gasteiger partial charge in [-0.05, 0) is 11.6 Å². The molecule has 0 unspecified atom stereocenters. The van der Waals surface area contributed by atoms with Crippen molar-refractivity contribution >= 4 is 11.7 Å². The Balaban J connectivity index is 2.01. The van der Waals surface area contributed by atoms with E-state index in [0.717, 1.165) is 5.56 Å². The number of esters is 1. The molecule has 2 N–H and O–H groups in total. The summed E-state index contributed by atoms with van der Waals surface area (Å²) in [6, 6.07) is 11.2. The van der Waals surface area contributed by atoms with Gasteiger partial charge in [0.1, 0.15) is 12.3 Å². The molecule has 1 aromatic heterocycles. The van der Waals surface area contributed by atoms with Crippen LogP contribution in [0.2, 0.25) is 0 Å². The second-order valence-corrected chi connectivity index (χ2v) is 3.83. The van der Waals surface area contributed by atoms with E-state index >= 15 is 0 Å². The van der Waals surface area contributed by atoms with Crippen LogP contribution < -0.4 is 5.73 Å². The van der Waals surface area contributed by atoms with Crippen molar-refractivity contribution in [3.05, 3.63) is 53.9 Å². The minimum atomic E-state index is -0.368. The molecule has 1 aromatic carbocycles. The molecular formula is C13H14N2O2. The molecule has 0 amide bonds. The molecule has 0 fully saturated rings. The molecule has 0 aliphatic heterocycles. The SMILES string of the molecule is Cn1cc(N)cc1C(=O)OCc1ccccc1.